The average molecular weight is 296 g/mol. The summed E-state index contributed by atoms with van der Waals surface area (Å²) in [5, 5.41) is 11.2. The van der Waals surface area contributed by atoms with E-state index < -0.39 is 4.92 Å². The molecule has 0 aliphatic heterocycles. The van der Waals surface area contributed by atoms with Crippen molar-refractivity contribution in [3.8, 4) is 11.6 Å². The SMILES string of the molecule is Cc1c(NN)ncnc1Oc1ccc(Cl)cc1[N+](=O)[O-]. The number of halogens is 1. The molecule has 104 valence electrons. The third-order valence-electron chi connectivity index (χ3n) is 2.50. The highest BCUT2D eigenvalue weighted by atomic mass is 35.5. The van der Waals surface area contributed by atoms with Crippen molar-refractivity contribution in [2.75, 3.05) is 5.43 Å². The van der Waals surface area contributed by atoms with E-state index in [1.807, 2.05) is 0 Å². The quantitative estimate of drug-likeness (QED) is 0.505. The summed E-state index contributed by atoms with van der Waals surface area (Å²) in [5.41, 5.74) is 2.66. The maximum atomic E-state index is 11.0. The van der Waals surface area contributed by atoms with Crippen LogP contribution in [-0.4, -0.2) is 14.9 Å². The van der Waals surface area contributed by atoms with Gasteiger partial charge in [-0.15, -0.1) is 0 Å². The van der Waals surface area contributed by atoms with E-state index in [1.54, 1.807) is 6.92 Å². The van der Waals surface area contributed by atoms with Crippen LogP contribution in [-0.2, 0) is 0 Å². The summed E-state index contributed by atoms with van der Waals surface area (Å²) in [5.74, 6) is 5.85. The lowest BCUT2D eigenvalue weighted by molar-refractivity contribution is -0.385. The number of benzene rings is 1. The predicted octanol–water partition coefficient (Wildman–Crippen LogP) is 2.42. The van der Waals surface area contributed by atoms with Crippen LogP contribution in [0.4, 0.5) is 11.5 Å². The zero-order valence-electron chi connectivity index (χ0n) is 10.3. The minimum absolute atomic E-state index is 0.0316. The van der Waals surface area contributed by atoms with Gasteiger partial charge in [0.15, 0.2) is 0 Å². The number of nitrogens with one attached hydrogen (secondary N) is 1. The largest absolute Gasteiger partial charge is 0.431 e. The van der Waals surface area contributed by atoms with E-state index in [0.717, 1.165) is 0 Å². The molecule has 0 saturated carbocycles. The van der Waals surface area contributed by atoms with E-state index in [-0.39, 0.29) is 22.3 Å². The minimum atomic E-state index is -0.584. The van der Waals surface area contributed by atoms with Gasteiger partial charge < -0.3 is 10.2 Å². The summed E-state index contributed by atoms with van der Waals surface area (Å²) in [6.45, 7) is 1.67. The minimum Gasteiger partial charge on any atom is -0.431 e. The van der Waals surface area contributed by atoms with Gasteiger partial charge in [0.1, 0.15) is 12.1 Å². The van der Waals surface area contributed by atoms with Crippen LogP contribution in [0.5, 0.6) is 11.6 Å². The molecule has 1 aromatic carbocycles. The molecule has 0 spiro atoms. The van der Waals surface area contributed by atoms with Crippen molar-refractivity contribution in [2.24, 2.45) is 5.84 Å². The molecule has 0 bridgehead atoms. The Hall–Kier alpha value is -2.45. The first-order valence-corrected chi connectivity index (χ1v) is 5.80. The molecule has 0 aliphatic carbocycles. The van der Waals surface area contributed by atoms with Crippen LogP contribution in [0.25, 0.3) is 0 Å². The van der Waals surface area contributed by atoms with Crippen molar-refractivity contribution < 1.29 is 9.66 Å². The number of hydrogen-bond donors (Lipinski definition) is 2. The highest BCUT2D eigenvalue weighted by Crippen LogP contribution is 2.34. The number of ether oxygens (including phenoxy) is 1. The predicted molar refractivity (Wildman–Crippen MR) is 72.8 cm³/mol. The fourth-order valence-electron chi connectivity index (χ4n) is 1.51. The van der Waals surface area contributed by atoms with Crippen LogP contribution >= 0.6 is 11.6 Å². The molecular weight excluding hydrogens is 286 g/mol. The molecule has 2 rings (SSSR count). The summed E-state index contributed by atoms with van der Waals surface area (Å²) >= 11 is 5.73. The molecule has 1 heterocycles. The first-order chi connectivity index (χ1) is 9.52. The molecule has 3 N–H and O–H groups in total. The molecule has 0 atom stereocenters. The third kappa shape index (κ3) is 2.76. The van der Waals surface area contributed by atoms with E-state index in [0.29, 0.717) is 11.4 Å². The Kier molecular flexibility index (Phi) is 3.97. The molecule has 0 unspecified atom stereocenters. The van der Waals surface area contributed by atoms with E-state index in [4.69, 9.17) is 22.2 Å². The van der Waals surface area contributed by atoms with E-state index in [2.05, 4.69) is 15.4 Å². The van der Waals surface area contributed by atoms with Crippen molar-refractivity contribution in [1.29, 1.82) is 0 Å². The molecule has 8 nitrogen and oxygen atoms in total. The molecule has 20 heavy (non-hydrogen) atoms. The number of nitrogens with two attached hydrogens (primary N) is 1. The molecule has 9 heteroatoms. The second-order valence-corrected chi connectivity index (χ2v) is 4.20. The van der Waals surface area contributed by atoms with Gasteiger partial charge in [-0.05, 0) is 19.1 Å². The molecule has 0 saturated heterocycles. The average Bonchev–Trinajstić information content (AvgIpc) is 2.42. The van der Waals surface area contributed by atoms with Crippen LogP contribution in [0.1, 0.15) is 5.56 Å². The number of aromatic nitrogens is 2. The van der Waals surface area contributed by atoms with Gasteiger partial charge in [0.2, 0.25) is 11.6 Å². The Labute approximate surface area is 118 Å². The third-order valence-corrected chi connectivity index (χ3v) is 2.73. The Morgan fingerprint density at radius 3 is 2.85 bits per heavy atom. The highest BCUT2D eigenvalue weighted by Gasteiger charge is 2.18. The van der Waals surface area contributed by atoms with Gasteiger partial charge in [-0.25, -0.2) is 15.8 Å². The van der Waals surface area contributed by atoms with Gasteiger partial charge in [-0.3, -0.25) is 10.1 Å². The molecule has 0 fully saturated rings. The lowest BCUT2D eigenvalue weighted by atomic mass is 10.3. The molecule has 1 aromatic heterocycles. The van der Waals surface area contributed by atoms with E-state index in [1.165, 1.54) is 24.5 Å². The zero-order chi connectivity index (χ0) is 14.7. The monoisotopic (exact) mass is 295 g/mol. The van der Waals surface area contributed by atoms with Gasteiger partial charge >= 0.3 is 5.69 Å². The lowest BCUT2D eigenvalue weighted by Crippen LogP contribution is -2.11. The summed E-state index contributed by atoms with van der Waals surface area (Å²) < 4.78 is 5.45. The summed E-state index contributed by atoms with van der Waals surface area (Å²) in [6, 6.07) is 4.09. The second-order valence-electron chi connectivity index (χ2n) is 3.77. The molecule has 0 aliphatic rings. The Morgan fingerprint density at radius 2 is 2.20 bits per heavy atom. The summed E-state index contributed by atoms with van der Waals surface area (Å²) in [7, 11) is 0. The van der Waals surface area contributed by atoms with Crippen LogP contribution in [0, 0.1) is 17.0 Å². The Morgan fingerprint density at radius 1 is 1.45 bits per heavy atom. The fourth-order valence-corrected chi connectivity index (χ4v) is 1.67. The van der Waals surface area contributed by atoms with Crippen molar-refractivity contribution in [1.82, 2.24) is 9.97 Å². The van der Waals surface area contributed by atoms with Gasteiger partial charge in [0.05, 0.1) is 10.5 Å². The molecule has 0 radical (unpaired) electrons. The number of rotatable bonds is 4. The summed E-state index contributed by atoms with van der Waals surface area (Å²) in [6.07, 6.45) is 1.24. The second kappa shape index (κ2) is 5.68. The number of hydrazine groups is 1. The van der Waals surface area contributed by atoms with Crippen LogP contribution in [0.3, 0.4) is 0 Å². The normalized spacial score (nSPS) is 10.2. The lowest BCUT2D eigenvalue weighted by Gasteiger charge is -2.10. The van der Waals surface area contributed by atoms with Gasteiger partial charge in [-0.2, -0.15) is 0 Å². The van der Waals surface area contributed by atoms with Gasteiger partial charge in [0, 0.05) is 11.1 Å². The van der Waals surface area contributed by atoms with Crippen molar-refractivity contribution in [2.45, 2.75) is 6.92 Å². The van der Waals surface area contributed by atoms with Gasteiger partial charge in [0.25, 0.3) is 0 Å². The molecular formula is C11H10ClN5O3. The van der Waals surface area contributed by atoms with Crippen LogP contribution in [0.15, 0.2) is 24.5 Å². The van der Waals surface area contributed by atoms with Crippen molar-refractivity contribution in [3.63, 3.8) is 0 Å². The summed E-state index contributed by atoms with van der Waals surface area (Å²) in [4.78, 5) is 18.2. The number of nitrogens with zero attached hydrogens (tertiary/aromatic N) is 3. The van der Waals surface area contributed by atoms with E-state index >= 15 is 0 Å². The van der Waals surface area contributed by atoms with Crippen LogP contribution in [0.2, 0.25) is 5.02 Å². The highest BCUT2D eigenvalue weighted by molar-refractivity contribution is 6.30. The maximum absolute atomic E-state index is 11.0. The molecule has 2 aromatic rings. The smallest absolute Gasteiger partial charge is 0.313 e. The van der Waals surface area contributed by atoms with E-state index in [9.17, 15) is 10.1 Å². The number of nitro groups is 1. The van der Waals surface area contributed by atoms with Crippen molar-refractivity contribution in [3.05, 3.63) is 45.2 Å². The first kappa shape index (κ1) is 14.0. The van der Waals surface area contributed by atoms with Gasteiger partial charge in [-0.1, -0.05) is 11.6 Å². The first-order valence-electron chi connectivity index (χ1n) is 5.43. The maximum Gasteiger partial charge on any atom is 0.313 e. The topological polar surface area (TPSA) is 116 Å². The van der Waals surface area contributed by atoms with Crippen LogP contribution < -0.4 is 16.0 Å². The number of nitrogen functional groups attached to an aromatic ring is 1. The fraction of sp³-hybridized carbons (Fsp3) is 0.0909. The number of hydrogen-bond acceptors (Lipinski definition) is 7. The zero-order valence-corrected chi connectivity index (χ0v) is 11.1. The Bertz CT molecular complexity index is 665. The Balaban J connectivity index is 2.42. The number of nitro benzene ring substituents is 1. The van der Waals surface area contributed by atoms with Crippen molar-refractivity contribution >= 4 is 23.1 Å². The standard InChI is InChI=1S/C11H10ClN5O3/c1-6-10(16-13)14-5-15-11(6)20-9-3-2-7(12)4-8(9)17(18)19/h2-5H,13H2,1H3,(H,14,15,16). The number of anilines is 1. The molecule has 0 amide bonds.